The van der Waals surface area contributed by atoms with Crippen molar-refractivity contribution in [1.82, 2.24) is 4.98 Å². The SMILES string of the molecule is CCOC(=O)c1c(C)[nH]c(C)c1S(=O)(=O)Nc1c(C)cc(C)cc1C. The second kappa shape index (κ2) is 6.92. The fourth-order valence-electron chi connectivity index (χ4n) is 3.07. The summed E-state index contributed by atoms with van der Waals surface area (Å²) in [4.78, 5) is 15.1. The maximum atomic E-state index is 13.0. The van der Waals surface area contributed by atoms with Crippen molar-refractivity contribution in [2.75, 3.05) is 11.3 Å². The third kappa shape index (κ3) is 3.71. The van der Waals surface area contributed by atoms with E-state index in [9.17, 15) is 13.2 Å². The van der Waals surface area contributed by atoms with Crippen LogP contribution in [-0.4, -0.2) is 26.0 Å². The second-order valence-corrected chi connectivity index (χ2v) is 7.80. The first-order valence-electron chi connectivity index (χ1n) is 8.05. The van der Waals surface area contributed by atoms with Gasteiger partial charge in [0.25, 0.3) is 10.0 Å². The average molecular weight is 364 g/mol. The van der Waals surface area contributed by atoms with Crippen LogP contribution in [-0.2, 0) is 14.8 Å². The molecule has 136 valence electrons. The number of aromatic amines is 1. The number of ether oxygens (including phenoxy) is 1. The lowest BCUT2D eigenvalue weighted by Gasteiger charge is -2.15. The number of aryl methyl sites for hydroxylation is 5. The molecular weight excluding hydrogens is 340 g/mol. The number of carbonyl (C=O) groups excluding carboxylic acids is 1. The van der Waals surface area contributed by atoms with Crippen molar-refractivity contribution in [2.24, 2.45) is 0 Å². The number of carbonyl (C=O) groups is 1. The van der Waals surface area contributed by atoms with E-state index in [1.807, 2.05) is 32.9 Å². The summed E-state index contributed by atoms with van der Waals surface area (Å²) in [6.07, 6.45) is 0. The maximum absolute atomic E-state index is 13.0. The highest BCUT2D eigenvalue weighted by atomic mass is 32.2. The van der Waals surface area contributed by atoms with Crippen molar-refractivity contribution < 1.29 is 17.9 Å². The van der Waals surface area contributed by atoms with E-state index in [-0.39, 0.29) is 17.1 Å². The Morgan fingerprint density at radius 2 is 1.64 bits per heavy atom. The number of hydrogen-bond acceptors (Lipinski definition) is 4. The third-order valence-electron chi connectivity index (χ3n) is 3.98. The molecule has 6 nitrogen and oxygen atoms in total. The van der Waals surface area contributed by atoms with Crippen molar-refractivity contribution >= 4 is 21.7 Å². The van der Waals surface area contributed by atoms with Gasteiger partial charge in [-0.1, -0.05) is 17.7 Å². The van der Waals surface area contributed by atoms with Crippen LogP contribution in [0.4, 0.5) is 5.69 Å². The van der Waals surface area contributed by atoms with Gasteiger partial charge in [0.2, 0.25) is 0 Å². The number of aromatic nitrogens is 1. The number of esters is 1. The monoisotopic (exact) mass is 364 g/mol. The zero-order chi connectivity index (χ0) is 18.9. The van der Waals surface area contributed by atoms with Crippen molar-refractivity contribution in [1.29, 1.82) is 0 Å². The Bertz CT molecular complexity index is 904. The van der Waals surface area contributed by atoms with Crippen LogP contribution < -0.4 is 4.72 Å². The number of hydrogen-bond donors (Lipinski definition) is 2. The zero-order valence-electron chi connectivity index (χ0n) is 15.4. The van der Waals surface area contributed by atoms with Gasteiger partial charge in [-0.2, -0.15) is 0 Å². The summed E-state index contributed by atoms with van der Waals surface area (Å²) in [6, 6.07) is 3.82. The molecule has 0 amide bonds. The van der Waals surface area contributed by atoms with Crippen LogP contribution >= 0.6 is 0 Å². The molecule has 1 aromatic heterocycles. The lowest BCUT2D eigenvalue weighted by Crippen LogP contribution is -2.19. The fraction of sp³-hybridized carbons (Fsp3) is 0.389. The Balaban J connectivity index is 2.57. The van der Waals surface area contributed by atoms with Crippen molar-refractivity contribution in [3.8, 4) is 0 Å². The Morgan fingerprint density at radius 1 is 1.08 bits per heavy atom. The fourth-order valence-corrected chi connectivity index (χ4v) is 4.72. The Labute approximate surface area is 148 Å². The average Bonchev–Trinajstić information content (AvgIpc) is 2.78. The smallest absolute Gasteiger partial charge is 0.341 e. The largest absolute Gasteiger partial charge is 0.462 e. The molecule has 1 aromatic carbocycles. The van der Waals surface area contributed by atoms with E-state index in [0.29, 0.717) is 17.1 Å². The van der Waals surface area contributed by atoms with E-state index in [0.717, 1.165) is 16.7 Å². The first-order chi connectivity index (χ1) is 11.6. The number of rotatable bonds is 5. The highest BCUT2D eigenvalue weighted by Crippen LogP contribution is 2.29. The first kappa shape index (κ1) is 19.1. The number of anilines is 1. The number of sulfonamides is 1. The van der Waals surface area contributed by atoms with Crippen LogP contribution in [0, 0.1) is 34.6 Å². The molecule has 2 rings (SSSR count). The molecule has 0 aliphatic carbocycles. The topological polar surface area (TPSA) is 88.3 Å². The van der Waals surface area contributed by atoms with Crippen LogP contribution in [0.1, 0.15) is 45.4 Å². The van der Waals surface area contributed by atoms with Crippen molar-refractivity contribution in [3.05, 3.63) is 45.8 Å². The second-order valence-electron chi connectivity index (χ2n) is 6.18. The van der Waals surface area contributed by atoms with E-state index >= 15 is 0 Å². The lowest BCUT2D eigenvalue weighted by molar-refractivity contribution is 0.0521. The normalized spacial score (nSPS) is 11.4. The molecule has 0 saturated carbocycles. The predicted octanol–water partition coefficient (Wildman–Crippen LogP) is 3.53. The molecule has 0 spiro atoms. The van der Waals surface area contributed by atoms with Gasteiger partial charge < -0.3 is 9.72 Å². The van der Waals surface area contributed by atoms with Gasteiger partial charge in [-0.05, 0) is 52.7 Å². The highest BCUT2D eigenvalue weighted by molar-refractivity contribution is 7.92. The van der Waals surface area contributed by atoms with Crippen LogP contribution in [0.25, 0.3) is 0 Å². The molecule has 0 fully saturated rings. The molecule has 0 aliphatic rings. The molecule has 2 N–H and O–H groups in total. The van der Waals surface area contributed by atoms with Gasteiger partial charge in [0, 0.05) is 11.4 Å². The molecule has 0 saturated heterocycles. The molecule has 25 heavy (non-hydrogen) atoms. The van der Waals surface area contributed by atoms with E-state index in [1.165, 1.54) is 0 Å². The molecule has 0 aliphatic heterocycles. The number of nitrogens with one attached hydrogen (secondary N) is 2. The van der Waals surface area contributed by atoms with Crippen LogP contribution in [0.15, 0.2) is 17.0 Å². The summed E-state index contributed by atoms with van der Waals surface area (Å²) in [5, 5.41) is 0. The lowest BCUT2D eigenvalue weighted by atomic mass is 10.1. The first-order valence-corrected chi connectivity index (χ1v) is 9.53. The molecule has 7 heteroatoms. The van der Waals surface area contributed by atoms with Crippen molar-refractivity contribution in [2.45, 2.75) is 46.4 Å². The number of H-pyrrole nitrogens is 1. The Morgan fingerprint density at radius 3 is 2.16 bits per heavy atom. The van der Waals surface area contributed by atoms with Crippen LogP contribution in [0.2, 0.25) is 0 Å². The van der Waals surface area contributed by atoms with Gasteiger partial charge in [-0.3, -0.25) is 4.72 Å². The molecule has 0 atom stereocenters. The molecular formula is C18H24N2O4S. The maximum Gasteiger partial charge on any atom is 0.341 e. The summed E-state index contributed by atoms with van der Waals surface area (Å²) in [5.74, 6) is -0.651. The van der Waals surface area contributed by atoms with Gasteiger partial charge in [0.15, 0.2) is 0 Å². The quantitative estimate of drug-likeness (QED) is 0.794. The summed E-state index contributed by atoms with van der Waals surface area (Å²) in [5.41, 5.74) is 4.14. The molecule has 0 radical (unpaired) electrons. The minimum atomic E-state index is -3.96. The summed E-state index contributed by atoms with van der Waals surface area (Å²) >= 11 is 0. The van der Waals surface area contributed by atoms with E-state index in [4.69, 9.17) is 4.74 Å². The molecule has 1 heterocycles. The summed E-state index contributed by atoms with van der Waals surface area (Å²) < 4.78 is 33.7. The van der Waals surface area contributed by atoms with Gasteiger partial charge in [-0.15, -0.1) is 0 Å². The third-order valence-corrected chi connectivity index (χ3v) is 5.50. The Kier molecular flexibility index (Phi) is 5.27. The van der Waals surface area contributed by atoms with Crippen molar-refractivity contribution in [3.63, 3.8) is 0 Å². The molecule has 2 aromatic rings. The van der Waals surface area contributed by atoms with Crippen LogP contribution in [0.5, 0.6) is 0 Å². The van der Waals surface area contributed by atoms with E-state index in [2.05, 4.69) is 9.71 Å². The summed E-state index contributed by atoms with van der Waals surface area (Å²) in [7, 11) is -3.96. The minimum Gasteiger partial charge on any atom is -0.462 e. The highest BCUT2D eigenvalue weighted by Gasteiger charge is 2.30. The van der Waals surface area contributed by atoms with Crippen LogP contribution in [0.3, 0.4) is 0 Å². The predicted molar refractivity (Wildman–Crippen MR) is 97.7 cm³/mol. The van der Waals surface area contributed by atoms with E-state index in [1.54, 1.807) is 20.8 Å². The van der Waals surface area contributed by atoms with Gasteiger partial charge >= 0.3 is 5.97 Å². The van der Waals surface area contributed by atoms with Gasteiger partial charge in [-0.25, -0.2) is 13.2 Å². The van der Waals surface area contributed by atoms with Gasteiger partial charge in [0.05, 0.1) is 12.3 Å². The Hall–Kier alpha value is -2.28. The minimum absolute atomic E-state index is 0.0502. The standard InChI is InChI=1S/C18H24N2O4S/c1-7-24-18(21)15-13(5)19-14(6)17(15)25(22,23)20-16-11(3)8-10(2)9-12(16)4/h8-9,19-20H,7H2,1-6H3. The zero-order valence-corrected chi connectivity index (χ0v) is 16.2. The number of benzene rings is 1. The molecule has 0 bridgehead atoms. The molecule has 0 unspecified atom stereocenters. The van der Waals surface area contributed by atoms with Gasteiger partial charge in [0.1, 0.15) is 10.5 Å². The van der Waals surface area contributed by atoms with E-state index < -0.39 is 16.0 Å². The summed E-state index contributed by atoms with van der Waals surface area (Å²) in [6.45, 7) is 10.8.